The van der Waals surface area contributed by atoms with E-state index in [1.165, 1.54) is 35.2 Å². The van der Waals surface area contributed by atoms with Crippen LogP contribution >= 0.6 is 0 Å². The van der Waals surface area contributed by atoms with Crippen molar-refractivity contribution in [3.8, 4) is 11.8 Å². The van der Waals surface area contributed by atoms with Crippen molar-refractivity contribution >= 4 is 23.1 Å². The molecule has 3 rings (SSSR count). The summed E-state index contributed by atoms with van der Waals surface area (Å²) in [4.78, 5) is 15.2. The van der Waals surface area contributed by atoms with Gasteiger partial charge in [0, 0.05) is 23.3 Å². The van der Waals surface area contributed by atoms with E-state index in [-0.39, 0.29) is 16.9 Å². The molecule has 3 aromatic rings. The molecule has 0 aliphatic carbocycles. The van der Waals surface area contributed by atoms with Crippen LogP contribution in [0.5, 0.6) is 0 Å². The molecule has 0 spiro atoms. The average molecular weight is 357 g/mol. The predicted octanol–water partition coefficient (Wildman–Crippen LogP) is 4.04. The molecule has 8 heteroatoms. The Labute approximate surface area is 145 Å². The number of hydrogen-bond donors (Lipinski definition) is 1. The highest BCUT2D eigenvalue weighted by Gasteiger charge is 2.34. The van der Waals surface area contributed by atoms with Crippen molar-refractivity contribution in [2.75, 3.05) is 0 Å². The number of carboxylic acid groups (broad SMARTS) is 1. The number of hydrogen-bond acceptors (Lipinski definition) is 3. The van der Waals surface area contributed by atoms with Crippen LogP contribution in [0.2, 0.25) is 0 Å². The number of rotatable bonds is 3. The van der Waals surface area contributed by atoms with E-state index < -0.39 is 23.3 Å². The number of aliphatic carboxylic acids is 1. The van der Waals surface area contributed by atoms with Crippen molar-refractivity contribution in [2.24, 2.45) is 0 Å². The number of nitriles is 1. The van der Waals surface area contributed by atoms with Crippen molar-refractivity contribution in [2.45, 2.75) is 6.18 Å². The van der Waals surface area contributed by atoms with Gasteiger partial charge in [0.15, 0.2) is 0 Å². The van der Waals surface area contributed by atoms with Crippen LogP contribution in [0.3, 0.4) is 0 Å². The van der Waals surface area contributed by atoms with Gasteiger partial charge >= 0.3 is 12.1 Å². The lowest BCUT2D eigenvalue weighted by Gasteiger charge is -2.13. The largest absolute Gasteiger partial charge is 0.477 e. The zero-order chi connectivity index (χ0) is 18.9. The lowest BCUT2D eigenvalue weighted by molar-refractivity contribution is -0.137. The Balaban J connectivity index is 2.32. The molecule has 0 atom stereocenters. The zero-order valence-electron chi connectivity index (χ0n) is 13.0. The normalized spacial score (nSPS) is 12.2. The number of alkyl halides is 3. The van der Waals surface area contributed by atoms with Crippen LogP contribution in [0.4, 0.5) is 13.2 Å². The molecule has 0 saturated heterocycles. The first-order chi connectivity index (χ1) is 12.3. The molecule has 2 aromatic heterocycles. The summed E-state index contributed by atoms with van der Waals surface area (Å²) in [7, 11) is 0. The summed E-state index contributed by atoms with van der Waals surface area (Å²) in [5.74, 6) is -1.42. The van der Waals surface area contributed by atoms with Crippen LogP contribution in [-0.2, 0) is 11.0 Å². The maximum absolute atomic E-state index is 13.3. The van der Waals surface area contributed by atoms with E-state index in [0.29, 0.717) is 5.39 Å². The second-order valence-electron chi connectivity index (χ2n) is 5.32. The minimum absolute atomic E-state index is 0.141. The molecule has 5 nitrogen and oxygen atoms in total. The van der Waals surface area contributed by atoms with Crippen LogP contribution in [0.15, 0.2) is 54.4 Å². The summed E-state index contributed by atoms with van der Waals surface area (Å²) in [6, 6.07) is 9.72. The van der Waals surface area contributed by atoms with Crippen LogP contribution in [0.1, 0.15) is 11.1 Å². The SMILES string of the molecule is N#C/C(=C\c1cn(-c2ccccc2C(F)(F)F)c2ncccc12)C(=O)O. The van der Waals surface area contributed by atoms with Crippen molar-refractivity contribution in [3.63, 3.8) is 0 Å². The molecule has 0 saturated carbocycles. The number of benzene rings is 1. The maximum Gasteiger partial charge on any atom is 0.418 e. The average Bonchev–Trinajstić information content (AvgIpc) is 2.97. The fourth-order valence-electron chi connectivity index (χ4n) is 2.60. The van der Waals surface area contributed by atoms with Gasteiger partial charge in [-0.25, -0.2) is 9.78 Å². The highest BCUT2D eigenvalue weighted by molar-refractivity contribution is 6.00. The van der Waals surface area contributed by atoms with Gasteiger partial charge in [0.1, 0.15) is 17.3 Å². The Morgan fingerprint density at radius 3 is 2.62 bits per heavy atom. The molecule has 0 fully saturated rings. The number of pyridine rings is 1. The fraction of sp³-hybridized carbons (Fsp3) is 0.0556. The number of nitrogens with zero attached hydrogens (tertiary/aromatic N) is 3. The number of carboxylic acids is 1. The Morgan fingerprint density at radius 2 is 1.96 bits per heavy atom. The van der Waals surface area contributed by atoms with E-state index >= 15 is 0 Å². The van der Waals surface area contributed by atoms with E-state index in [2.05, 4.69) is 4.98 Å². The Morgan fingerprint density at radius 1 is 1.23 bits per heavy atom. The van der Waals surface area contributed by atoms with Gasteiger partial charge in [0.2, 0.25) is 0 Å². The molecule has 1 N–H and O–H groups in total. The minimum atomic E-state index is -4.57. The second kappa shape index (κ2) is 6.37. The quantitative estimate of drug-likeness (QED) is 0.567. The van der Waals surface area contributed by atoms with E-state index in [1.807, 2.05) is 0 Å². The molecule has 26 heavy (non-hydrogen) atoms. The highest BCUT2D eigenvalue weighted by atomic mass is 19.4. The third-order valence-corrected chi connectivity index (χ3v) is 3.71. The molecule has 0 radical (unpaired) electrons. The summed E-state index contributed by atoms with van der Waals surface area (Å²) in [6.07, 6.45) is -0.705. The van der Waals surface area contributed by atoms with Gasteiger partial charge in [-0.1, -0.05) is 12.1 Å². The van der Waals surface area contributed by atoms with E-state index in [9.17, 15) is 18.0 Å². The molecular weight excluding hydrogens is 347 g/mol. The number of fused-ring (bicyclic) bond motifs is 1. The second-order valence-corrected chi connectivity index (χ2v) is 5.32. The topological polar surface area (TPSA) is 78.9 Å². The Hall–Kier alpha value is -3.60. The fourth-order valence-corrected chi connectivity index (χ4v) is 2.60. The standard InChI is InChI=1S/C18H10F3N3O2/c19-18(20,21)14-5-1-2-6-15(14)24-10-12(8-11(9-22)17(25)26)13-4-3-7-23-16(13)24/h1-8,10H,(H,25,26)/b11-8+. The number of aromatic nitrogens is 2. The summed E-state index contributed by atoms with van der Waals surface area (Å²) in [5, 5.41) is 18.4. The third kappa shape index (κ3) is 3.02. The highest BCUT2D eigenvalue weighted by Crippen LogP contribution is 2.35. The monoisotopic (exact) mass is 357 g/mol. The molecule has 0 bridgehead atoms. The van der Waals surface area contributed by atoms with Crippen molar-refractivity contribution in [3.05, 3.63) is 65.5 Å². The van der Waals surface area contributed by atoms with Crippen molar-refractivity contribution in [1.29, 1.82) is 5.26 Å². The van der Waals surface area contributed by atoms with Crippen LogP contribution in [0.25, 0.3) is 22.8 Å². The minimum Gasteiger partial charge on any atom is -0.477 e. The summed E-state index contributed by atoms with van der Waals surface area (Å²) in [5.41, 5.74) is -1.02. The Kier molecular flexibility index (Phi) is 4.22. The number of carbonyl (C=O) groups is 1. The predicted molar refractivity (Wildman–Crippen MR) is 87.3 cm³/mol. The van der Waals surface area contributed by atoms with Crippen LogP contribution in [-0.4, -0.2) is 20.6 Å². The van der Waals surface area contributed by atoms with Crippen LogP contribution in [0, 0.1) is 11.3 Å². The first kappa shape index (κ1) is 17.2. The maximum atomic E-state index is 13.3. The smallest absolute Gasteiger partial charge is 0.418 e. The van der Waals surface area contributed by atoms with Gasteiger partial charge in [0.25, 0.3) is 0 Å². The van der Waals surface area contributed by atoms with Crippen molar-refractivity contribution in [1.82, 2.24) is 9.55 Å². The first-order valence-electron chi connectivity index (χ1n) is 7.30. The molecule has 0 aliphatic heterocycles. The van der Waals surface area contributed by atoms with E-state index in [4.69, 9.17) is 10.4 Å². The lowest BCUT2D eigenvalue weighted by atomic mass is 10.1. The molecular formula is C18H10F3N3O2. The molecule has 0 amide bonds. The third-order valence-electron chi connectivity index (χ3n) is 3.71. The van der Waals surface area contributed by atoms with Gasteiger partial charge in [-0.2, -0.15) is 18.4 Å². The van der Waals surface area contributed by atoms with Gasteiger partial charge < -0.3 is 9.67 Å². The summed E-state index contributed by atoms with van der Waals surface area (Å²) < 4.78 is 41.3. The first-order valence-corrected chi connectivity index (χ1v) is 7.30. The molecule has 2 heterocycles. The van der Waals surface area contributed by atoms with E-state index in [0.717, 1.165) is 12.1 Å². The Bertz CT molecular complexity index is 1080. The van der Waals surface area contributed by atoms with Crippen LogP contribution < -0.4 is 0 Å². The number of halogens is 3. The van der Waals surface area contributed by atoms with Gasteiger partial charge in [-0.3, -0.25) is 0 Å². The molecule has 1 aromatic carbocycles. The van der Waals surface area contributed by atoms with Gasteiger partial charge in [0.05, 0.1) is 11.3 Å². The molecule has 0 unspecified atom stereocenters. The molecule has 130 valence electrons. The van der Waals surface area contributed by atoms with E-state index in [1.54, 1.807) is 18.2 Å². The van der Waals surface area contributed by atoms with Gasteiger partial charge in [-0.15, -0.1) is 0 Å². The summed E-state index contributed by atoms with van der Waals surface area (Å²) >= 11 is 0. The lowest BCUT2D eigenvalue weighted by Crippen LogP contribution is -2.10. The zero-order valence-corrected chi connectivity index (χ0v) is 13.0. The number of para-hydroxylation sites is 1. The molecule has 0 aliphatic rings. The summed E-state index contributed by atoms with van der Waals surface area (Å²) in [6.45, 7) is 0. The van der Waals surface area contributed by atoms with Crippen molar-refractivity contribution < 1.29 is 23.1 Å². The van der Waals surface area contributed by atoms with Gasteiger partial charge in [-0.05, 0) is 30.3 Å².